The standard InChI is InChI=1S/C20H28N4O3S/c1-4-14(2)21-18(25)12-23-7-9-24(10-8-23)19(26)11-16-13-28-20(22-16)17-6-5-15(3)27-17/h5-6,13-14H,4,7-12H2,1-3H3,(H,21,25). The molecule has 2 aromatic rings. The van der Waals surface area contributed by atoms with E-state index in [0.29, 0.717) is 39.1 Å². The summed E-state index contributed by atoms with van der Waals surface area (Å²) in [5.41, 5.74) is 0.773. The molecule has 1 N–H and O–H groups in total. The van der Waals surface area contributed by atoms with Crippen molar-refractivity contribution in [1.82, 2.24) is 20.1 Å². The Bertz CT molecular complexity index is 808. The van der Waals surface area contributed by atoms with Gasteiger partial charge in [-0.15, -0.1) is 11.3 Å². The Balaban J connectivity index is 1.45. The summed E-state index contributed by atoms with van der Waals surface area (Å²) in [4.78, 5) is 33.1. The van der Waals surface area contributed by atoms with E-state index < -0.39 is 0 Å². The van der Waals surface area contributed by atoms with Crippen LogP contribution in [0.4, 0.5) is 0 Å². The third-order valence-corrected chi connectivity index (χ3v) is 5.85. The van der Waals surface area contributed by atoms with E-state index in [1.54, 1.807) is 0 Å². The highest BCUT2D eigenvalue weighted by molar-refractivity contribution is 7.13. The van der Waals surface area contributed by atoms with E-state index in [-0.39, 0.29) is 17.9 Å². The zero-order valence-electron chi connectivity index (χ0n) is 16.7. The molecule has 8 heteroatoms. The Morgan fingerprint density at radius 2 is 2.04 bits per heavy atom. The molecule has 0 radical (unpaired) electrons. The average Bonchev–Trinajstić information content (AvgIpc) is 3.31. The largest absolute Gasteiger partial charge is 0.459 e. The van der Waals surface area contributed by atoms with Gasteiger partial charge in [-0.1, -0.05) is 6.92 Å². The molecular weight excluding hydrogens is 376 g/mol. The highest BCUT2D eigenvalue weighted by Crippen LogP contribution is 2.25. The summed E-state index contributed by atoms with van der Waals surface area (Å²) in [6.07, 6.45) is 1.22. The van der Waals surface area contributed by atoms with Gasteiger partial charge in [0.25, 0.3) is 0 Å². The molecule has 0 aliphatic carbocycles. The summed E-state index contributed by atoms with van der Waals surface area (Å²) in [5, 5.41) is 5.70. The third-order valence-electron chi connectivity index (χ3n) is 4.95. The van der Waals surface area contributed by atoms with Gasteiger partial charge in [-0.2, -0.15) is 0 Å². The van der Waals surface area contributed by atoms with E-state index >= 15 is 0 Å². The number of hydrogen-bond donors (Lipinski definition) is 1. The van der Waals surface area contributed by atoms with Crippen molar-refractivity contribution in [3.8, 4) is 10.8 Å². The lowest BCUT2D eigenvalue weighted by molar-refractivity contribution is -0.132. The molecule has 1 atom stereocenters. The van der Waals surface area contributed by atoms with Crippen LogP contribution in [-0.2, 0) is 16.0 Å². The molecule has 1 aliphatic heterocycles. The van der Waals surface area contributed by atoms with Gasteiger partial charge >= 0.3 is 0 Å². The fourth-order valence-electron chi connectivity index (χ4n) is 3.10. The molecule has 0 aromatic carbocycles. The van der Waals surface area contributed by atoms with Crippen LogP contribution in [0.5, 0.6) is 0 Å². The van der Waals surface area contributed by atoms with Gasteiger partial charge in [-0.05, 0) is 32.4 Å². The Morgan fingerprint density at radius 3 is 2.68 bits per heavy atom. The maximum absolute atomic E-state index is 12.6. The lowest BCUT2D eigenvalue weighted by Gasteiger charge is -2.34. The summed E-state index contributed by atoms with van der Waals surface area (Å²) < 4.78 is 5.59. The molecule has 1 unspecified atom stereocenters. The first-order chi connectivity index (χ1) is 13.4. The molecular formula is C20H28N4O3S. The summed E-state index contributed by atoms with van der Waals surface area (Å²) in [6.45, 7) is 9.07. The van der Waals surface area contributed by atoms with Crippen molar-refractivity contribution in [3.63, 3.8) is 0 Å². The summed E-state index contributed by atoms with van der Waals surface area (Å²) in [5.74, 6) is 1.72. The lowest BCUT2D eigenvalue weighted by Crippen LogP contribution is -2.52. The minimum Gasteiger partial charge on any atom is -0.459 e. The Kier molecular flexibility index (Phi) is 6.85. The number of nitrogens with zero attached hydrogens (tertiary/aromatic N) is 3. The zero-order chi connectivity index (χ0) is 20.1. The molecule has 3 rings (SSSR count). The minimum absolute atomic E-state index is 0.0530. The maximum Gasteiger partial charge on any atom is 0.234 e. The van der Waals surface area contributed by atoms with Gasteiger partial charge in [0.05, 0.1) is 18.7 Å². The second-order valence-corrected chi connectivity index (χ2v) is 8.12. The quantitative estimate of drug-likeness (QED) is 0.766. The SMILES string of the molecule is CCC(C)NC(=O)CN1CCN(C(=O)Cc2csc(-c3ccc(C)o3)n2)CC1. The zero-order valence-corrected chi connectivity index (χ0v) is 17.6. The highest BCUT2D eigenvalue weighted by atomic mass is 32.1. The van der Waals surface area contributed by atoms with Crippen LogP contribution < -0.4 is 5.32 Å². The molecule has 0 bridgehead atoms. The lowest BCUT2D eigenvalue weighted by atomic mass is 10.2. The molecule has 1 saturated heterocycles. The first kappa shape index (κ1) is 20.5. The number of amides is 2. The fraction of sp³-hybridized carbons (Fsp3) is 0.550. The number of hydrogen-bond acceptors (Lipinski definition) is 6. The van der Waals surface area contributed by atoms with Crippen molar-refractivity contribution in [3.05, 3.63) is 29.0 Å². The second-order valence-electron chi connectivity index (χ2n) is 7.26. The predicted octanol–water partition coefficient (Wildman–Crippen LogP) is 2.31. The minimum atomic E-state index is 0.0530. The summed E-state index contributed by atoms with van der Waals surface area (Å²) >= 11 is 1.49. The molecule has 1 fully saturated rings. The number of nitrogens with one attached hydrogen (secondary N) is 1. The van der Waals surface area contributed by atoms with E-state index in [2.05, 4.69) is 22.1 Å². The van der Waals surface area contributed by atoms with E-state index in [0.717, 1.165) is 28.6 Å². The number of aryl methyl sites for hydroxylation is 1. The molecule has 2 amide bonds. The van der Waals surface area contributed by atoms with Crippen molar-refractivity contribution < 1.29 is 14.0 Å². The summed E-state index contributed by atoms with van der Waals surface area (Å²) in [7, 11) is 0. The van der Waals surface area contributed by atoms with Gasteiger partial charge in [0.1, 0.15) is 5.76 Å². The Labute approximate surface area is 169 Å². The molecule has 1 aliphatic rings. The van der Waals surface area contributed by atoms with Gasteiger partial charge in [-0.25, -0.2) is 4.98 Å². The molecule has 0 saturated carbocycles. The molecule has 3 heterocycles. The summed E-state index contributed by atoms with van der Waals surface area (Å²) in [6, 6.07) is 4.00. The van der Waals surface area contributed by atoms with Crippen LogP contribution in [0.25, 0.3) is 10.8 Å². The maximum atomic E-state index is 12.6. The first-order valence-corrected chi connectivity index (χ1v) is 10.6. The van der Waals surface area contributed by atoms with E-state index in [1.807, 2.05) is 36.3 Å². The molecule has 0 spiro atoms. The first-order valence-electron chi connectivity index (χ1n) is 9.75. The molecule has 152 valence electrons. The van der Waals surface area contributed by atoms with Crippen LogP contribution in [0.1, 0.15) is 31.7 Å². The average molecular weight is 405 g/mol. The van der Waals surface area contributed by atoms with Gasteiger partial charge in [0.2, 0.25) is 11.8 Å². The molecule has 28 heavy (non-hydrogen) atoms. The molecule has 7 nitrogen and oxygen atoms in total. The number of aromatic nitrogens is 1. The Morgan fingerprint density at radius 1 is 1.29 bits per heavy atom. The van der Waals surface area contributed by atoms with Crippen LogP contribution in [-0.4, -0.2) is 65.4 Å². The van der Waals surface area contributed by atoms with Crippen molar-refractivity contribution in [2.45, 2.75) is 39.7 Å². The van der Waals surface area contributed by atoms with Crippen molar-refractivity contribution in [2.75, 3.05) is 32.7 Å². The normalized spacial score (nSPS) is 16.2. The van der Waals surface area contributed by atoms with E-state index in [4.69, 9.17) is 4.42 Å². The number of carbonyl (C=O) groups is 2. The van der Waals surface area contributed by atoms with Crippen LogP contribution in [0, 0.1) is 6.92 Å². The highest BCUT2D eigenvalue weighted by Gasteiger charge is 2.23. The number of rotatable bonds is 7. The van der Waals surface area contributed by atoms with Crippen LogP contribution in [0.2, 0.25) is 0 Å². The second kappa shape index (κ2) is 9.34. The molecule has 2 aromatic heterocycles. The fourth-order valence-corrected chi connectivity index (χ4v) is 3.88. The van der Waals surface area contributed by atoms with Gasteiger partial charge in [0.15, 0.2) is 10.8 Å². The van der Waals surface area contributed by atoms with Crippen molar-refractivity contribution in [2.24, 2.45) is 0 Å². The number of furan rings is 1. The van der Waals surface area contributed by atoms with Crippen LogP contribution >= 0.6 is 11.3 Å². The predicted molar refractivity (Wildman–Crippen MR) is 109 cm³/mol. The van der Waals surface area contributed by atoms with E-state index in [1.165, 1.54) is 11.3 Å². The van der Waals surface area contributed by atoms with E-state index in [9.17, 15) is 9.59 Å². The Hall–Kier alpha value is -2.19. The van der Waals surface area contributed by atoms with Gasteiger partial charge in [0, 0.05) is 37.6 Å². The number of piperazine rings is 1. The van der Waals surface area contributed by atoms with Crippen molar-refractivity contribution in [1.29, 1.82) is 0 Å². The van der Waals surface area contributed by atoms with Crippen LogP contribution in [0.15, 0.2) is 21.9 Å². The number of carbonyl (C=O) groups excluding carboxylic acids is 2. The van der Waals surface area contributed by atoms with Crippen LogP contribution in [0.3, 0.4) is 0 Å². The van der Waals surface area contributed by atoms with Gasteiger partial charge < -0.3 is 14.6 Å². The smallest absolute Gasteiger partial charge is 0.234 e. The van der Waals surface area contributed by atoms with Crippen molar-refractivity contribution >= 4 is 23.2 Å². The third kappa shape index (κ3) is 5.42. The van der Waals surface area contributed by atoms with Gasteiger partial charge in [-0.3, -0.25) is 14.5 Å². The monoisotopic (exact) mass is 404 g/mol. The topological polar surface area (TPSA) is 78.7 Å². The number of thiazole rings is 1.